The van der Waals surface area contributed by atoms with Crippen LogP contribution in [0.4, 0.5) is 0 Å². The van der Waals surface area contributed by atoms with Crippen LogP contribution in [0.1, 0.15) is 24.6 Å². The third-order valence-corrected chi connectivity index (χ3v) is 6.07. The van der Waals surface area contributed by atoms with E-state index in [9.17, 15) is 4.79 Å². The molecule has 0 aliphatic heterocycles. The summed E-state index contributed by atoms with van der Waals surface area (Å²) in [6.45, 7) is 3.24. The summed E-state index contributed by atoms with van der Waals surface area (Å²) in [7, 11) is 0. The lowest BCUT2D eigenvalue weighted by molar-refractivity contribution is -0.131. The number of benzene rings is 2. The summed E-state index contributed by atoms with van der Waals surface area (Å²) in [5.41, 5.74) is 4.29. The number of hydrogen-bond acceptors (Lipinski definition) is 3. The van der Waals surface area contributed by atoms with Crippen LogP contribution in [-0.4, -0.2) is 26.7 Å². The molecule has 2 aromatic heterocycles. The Morgan fingerprint density at radius 1 is 1.14 bits per heavy atom. The molecule has 6 heteroatoms. The summed E-state index contributed by atoms with van der Waals surface area (Å²) in [6.07, 6.45) is 3.36. The summed E-state index contributed by atoms with van der Waals surface area (Å²) in [5.74, 6) is 0.174. The highest BCUT2D eigenvalue weighted by Crippen LogP contribution is 2.25. The van der Waals surface area contributed by atoms with Gasteiger partial charge >= 0.3 is 0 Å². The molecular weight excluding hydrogens is 402 g/mol. The highest BCUT2D eigenvalue weighted by atomic mass is 35.5. The van der Waals surface area contributed by atoms with Gasteiger partial charge in [0, 0.05) is 53.8 Å². The van der Waals surface area contributed by atoms with E-state index in [-0.39, 0.29) is 5.91 Å². The number of halogens is 1. The van der Waals surface area contributed by atoms with Gasteiger partial charge in [-0.2, -0.15) is 0 Å². The average molecular weight is 424 g/mol. The Morgan fingerprint density at radius 3 is 2.62 bits per heavy atom. The molecule has 0 aliphatic carbocycles. The normalized spacial score (nSPS) is 11.1. The van der Waals surface area contributed by atoms with Gasteiger partial charge < -0.3 is 4.90 Å². The number of nitrogens with zero attached hydrogens (tertiary/aromatic N) is 3. The zero-order chi connectivity index (χ0) is 20.2. The number of thiazole rings is 1. The van der Waals surface area contributed by atoms with Gasteiger partial charge in [-0.05, 0) is 17.7 Å². The summed E-state index contributed by atoms with van der Waals surface area (Å²) in [6, 6.07) is 17.9. The third kappa shape index (κ3) is 4.52. The first-order valence-corrected chi connectivity index (χ1v) is 10.9. The number of hydrogen-bond donors (Lipinski definition) is 0. The molecular formula is C23H22ClN3OS. The van der Waals surface area contributed by atoms with Crippen LogP contribution in [0.25, 0.3) is 16.2 Å². The van der Waals surface area contributed by atoms with E-state index in [0.717, 1.165) is 33.2 Å². The van der Waals surface area contributed by atoms with Crippen molar-refractivity contribution >= 4 is 33.8 Å². The van der Waals surface area contributed by atoms with Crippen molar-refractivity contribution in [2.24, 2.45) is 0 Å². The minimum atomic E-state index is 0.174. The number of aromatic nitrogens is 2. The van der Waals surface area contributed by atoms with Crippen LogP contribution in [-0.2, 0) is 17.8 Å². The Hall–Kier alpha value is -2.63. The molecule has 0 saturated heterocycles. The molecule has 1 amide bonds. The van der Waals surface area contributed by atoms with E-state index in [4.69, 9.17) is 16.6 Å². The van der Waals surface area contributed by atoms with E-state index in [1.807, 2.05) is 54.3 Å². The molecule has 29 heavy (non-hydrogen) atoms. The number of rotatable bonds is 7. The zero-order valence-corrected chi connectivity index (χ0v) is 17.8. The molecule has 0 atom stereocenters. The molecule has 0 aliphatic rings. The summed E-state index contributed by atoms with van der Waals surface area (Å²) in [5, 5.41) is 2.85. The van der Waals surface area contributed by atoms with Crippen molar-refractivity contribution < 1.29 is 4.79 Å². The molecule has 0 spiro atoms. The lowest BCUT2D eigenvalue weighted by Gasteiger charge is -2.22. The number of fused-ring (bicyclic) bond motifs is 1. The molecule has 2 heterocycles. The van der Waals surface area contributed by atoms with Crippen molar-refractivity contribution in [1.82, 2.24) is 14.3 Å². The molecule has 4 nitrogen and oxygen atoms in total. The summed E-state index contributed by atoms with van der Waals surface area (Å²) in [4.78, 5) is 20.1. The van der Waals surface area contributed by atoms with E-state index >= 15 is 0 Å². The summed E-state index contributed by atoms with van der Waals surface area (Å²) >= 11 is 7.62. The lowest BCUT2D eigenvalue weighted by Crippen LogP contribution is -2.32. The molecule has 4 rings (SSSR count). The van der Waals surface area contributed by atoms with Gasteiger partial charge in [-0.1, -0.05) is 61.0 Å². The van der Waals surface area contributed by atoms with Crippen LogP contribution >= 0.6 is 22.9 Å². The highest BCUT2D eigenvalue weighted by Gasteiger charge is 2.15. The number of carbonyl (C=O) groups excluding carboxylic acids is 1. The number of carbonyl (C=O) groups is 1. The third-order valence-electron chi connectivity index (χ3n) is 4.93. The van der Waals surface area contributed by atoms with Gasteiger partial charge in [-0.25, -0.2) is 4.98 Å². The van der Waals surface area contributed by atoms with E-state index in [1.54, 1.807) is 11.3 Å². The molecule has 0 bridgehead atoms. The second kappa shape index (κ2) is 8.80. The van der Waals surface area contributed by atoms with Crippen LogP contribution in [0.2, 0.25) is 5.02 Å². The van der Waals surface area contributed by atoms with E-state index in [2.05, 4.69) is 28.1 Å². The predicted octanol–water partition coefficient (Wildman–Crippen LogP) is 5.70. The maximum Gasteiger partial charge on any atom is 0.222 e. The van der Waals surface area contributed by atoms with Crippen LogP contribution in [0, 0.1) is 0 Å². The fraction of sp³-hybridized carbons (Fsp3) is 0.217. The molecule has 0 unspecified atom stereocenters. The van der Waals surface area contributed by atoms with Crippen molar-refractivity contribution in [1.29, 1.82) is 0 Å². The SMILES string of the molecule is CCC(=O)N(CCc1csc2nc(-c3ccc(Cl)cc3)cn12)Cc1ccccc1. The first-order valence-electron chi connectivity index (χ1n) is 9.67. The zero-order valence-electron chi connectivity index (χ0n) is 16.2. The Kier molecular flexibility index (Phi) is 5.97. The minimum Gasteiger partial charge on any atom is -0.338 e. The van der Waals surface area contributed by atoms with Gasteiger partial charge in [0.25, 0.3) is 0 Å². The van der Waals surface area contributed by atoms with Crippen molar-refractivity contribution in [2.75, 3.05) is 6.54 Å². The minimum absolute atomic E-state index is 0.174. The van der Waals surface area contributed by atoms with Gasteiger partial charge in [0.05, 0.1) is 5.69 Å². The maximum atomic E-state index is 12.5. The van der Waals surface area contributed by atoms with Crippen LogP contribution in [0.3, 0.4) is 0 Å². The Morgan fingerprint density at radius 2 is 1.90 bits per heavy atom. The molecule has 0 N–H and O–H groups in total. The van der Waals surface area contributed by atoms with Crippen LogP contribution < -0.4 is 0 Å². The van der Waals surface area contributed by atoms with E-state index in [1.165, 1.54) is 5.69 Å². The van der Waals surface area contributed by atoms with E-state index < -0.39 is 0 Å². The topological polar surface area (TPSA) is 37.6 Å². The van der Waals surface area contributed by atoms with E-state index in [0.29, 0.717) is 19.5 Å². The Balaban J connectivity index is 1.51. The molecule has 148 valence electrons. The fourth-order valence-corrected chi connectivity index (χ4v) is 4.37. The highest BCUT2D eigenvalue weighted by molar-refractivity contribution is 7.15. The second-order valence-electron chi connectivity index (χ2n) is 6.92. The predicted molar refractivity (Wildman–Crippen MR) is 119 cm³/mol. The Labute approximate surface area is 179 Å². The molecule has 0 saturated carbocycles. The first-order chi connectivity index (χ1) is 14.1. The Bertz CT molecular complexity index is 1100. The maximum absolute atomic E-state index is 12.5. The lowest BCUT2D eigenvalue weighted by atomic mass is 10.2. The van der Waals surface area contributed by atoms with Crippen molar-refractivity contribution in [3.8, 4) is 11.3 Å². The standard InChI is InChI=1S/C23H22ClN3OS/c1-2-22(28)26(14-17-6-4-3-5-7-17)13-12-20-16-29-23-25-21(15-27(20)23)18-8-10-19(24)11-9-18/h3-11,15-16H,2,12-14H2,1H3. The van der Waals surface area contributed by atoms with Crippen molar-refractivity contribution in [3.05, 3.63) is 82.5 Å². The number of amides is 1. The van der Waals surface area contributed by atoms with Gasteiger partial charge in [-0.3, -0.25) is 9.20 Å². The van der Waals surface area contributed by atoms with Crippen molar-refractivity contribution in [2.45, 2.75) is 26.3 Å². The van der Waals surface area contributed by atoms with Gasteiger partial charge in [0.2, 0.25) is 5.91 Å². The van der Waals surface area contributed by atoms with Crippen LogP contribution in [0.15, 0.2) is 66.2 Å². The largest absolute Gasteiger partial charge is 0.338 e. The fourth-order valence-electron chi connectivity index (χ4n) is 3.34. The quantitative estimate of drug-likeness (QED) is 0.382. The molecule has 0 fully saturated rings. The molecule has 4 aromatic rings. The van der Waals surface area contributed by atoms with Gasteiger partial charge in [0.15, 0.2) is 4.96 Å². The molecule has 0 radical (unpaired) electrons. The smallest absolute Gasteiger partial charge is 0.222 e. The monoisotopic (exact) mass is 423 g/mol. The average Bonchev–Trinajstić information content (AvgIpc) is 3.33. The second-order valence-corrected chi connectivity index (χ2v) is 8.19. The van der Waals surface area contributed by atoms with Gasteiger partial charge in [0.1, 0.15) is 0 Å². The van der Waals surface area contributed by atoms with Crippen molar-refractivity contribution in [3.63, 3.8) is 0 Å². The van der Waals surface area contributed by atoms with Gasteiger partial charge in [-0.15, -0.1) is 11.3 Å². The number of imidazole rings is 1. The summed E-state index contributed by atoms with van der Waals surface area (Å²) < 4.78 is 2.13. The van der Waals surface area contributed by atoms with Crippen LogP contribution in [0.5, 0.6) is 0 Å². The first kappa shape index (κ1) is 19.7. The molecule has 2 aromatic carbocycles.